The van der Waals surface area contributed by atoms with Crippen molar-refractivity contribution in [2.45, 2.75) is 12.2 Å². The minimum atomic E-state index is -0.187. The van der Waals surface area contributed by atoms with Gasteiger partial charge in [-0.15, -0.1) is 0 Å². The third-order valence-electron chi connectivity index (χ3n) is 1.65. The highest BCUT2D eigenvalue weighted by atomic mass is 16.1. The van der Waals surface area contributed by atoms with Crippen LogP contribution in [0.1, 0.15) is 0 Å². The van der Waals surface area contributed by atoms with E-state index in [9.17, 15) is 4.79 Å². The minimum Gasteiger partial charge on any atom is -0.364 e. The first-order valence-corrected chi connectivity index (χ1v) is 3.24. The van der Waals surface area contributed by atoms with Crippen molar-refractivity contribution >= 4 is 24.7 Å². The van der Waals surface area contributed by atoms with Crippen LogP contribution in [0.3, 0.4) is 0 Å². The van der Waals surface area contributed by atoms with Gasteiger partial charge in [0.1, 0.15) is 18.1 Å². The molecule has 5 heteroatoms. The molecular weight excluding hydrogens is 144 g/mol. The molecule has 0 fully saturated rings. The molecule has 0 aromatic heterocycles. The number of nitrogens with zero attached hydrogens (tertiary/aromatic N) is 3. The van der Waals surface area contributed by atoms with Crippen LogP contribution < -0.4 is 5.32 Å². The lowest BCUT2D eigenvalue weighted by atomic mass is 10.1. The fourth-order valence-corrected chi connectivity index (χ4v) is 1.09. The lowest BCUT2D eigenvalue weighted by molar-refractivity contribution is -0.102. The first-order chi connectivity index (χ1) is 5.42. The van der Waals surface area contributed by atoms with Crippen molar-refractivity contribution in [3.05, 3.63) is 0 Å². The molecule has 2 rings (SSSR count). The van der Waals surface area contributed by atoms with Crippen molar-refractivity contribution in [2.24, 2.45) is 15.0 Å². The van der Waals surface area contributed by atoms with Crippen LogP contribution in [-0.4, -0.2) is 36.9 Å². The zero-order valence-electron chi connectivity index (χ0n) is 5.64. The van der Waals surface area contributed by atoms with Crippen molar-refractivity contribution in [3.63, 3.8) is 0 Å². The average Bonchev–Trinajstić information content (AvgIpc) is 2.50. The van der Waals surface area contributed by atoms with Crippen molar-refractivity contribution in [2.75, 3.05) is 0 Å². The highest BCUT2D eigenvalue weighted by molar-refractivity contribution is 6.33. The Morgan fingerprint density at radius 3 is 3.27 bits per heavy atom. The second-order valence-electron chi connectivity index (χ2n) is 2.27. The Balaban J connectivity index is 2.30. The van der Waals surface area contributed by atoms with Crippen LogP contribution in [0.2, 0.25) is 0 Å². The maximum Gasteiger partial charge on any atom is 0.168 e. The van der Waals surface area contributed by atoms with Crippen LogP contribution in [0.4, 0.5) is 0 Å². The zero-order chi connectivity index (χ0) is 7.68. The van der Waals surface area contributed by atoms with Crippen molar-refractivity contribution in [3.8, 4) is 0 Å². The van der Waals surface area contributed by atoms with Crippen LogP contribution in [0.5, 0.6) is 0 Å². The van der Waals surface area contributed by atoms with Crippen molar-refractivity contribution in [1.29, 1.82) is 0 Å². The number of aldehydes is 1. The standard InChI is InChI=1S/C6H6N4O/c11-1-4-5-6(9-2-7-4)10-3-8-5/h1-3,5-6H,(H,8,10). The molecule has 0 saturated carbocycles. The zero-order valence-corrected chi connectivity index (χ0v) is 5.64. The van der Waals surface area contributed by atoms with Crippen molar-refractivity contribution in [1.82, 2.24) is 5.32 Å². The summed E-state index contributed by atoms with van der Waals surface area (Å²) in [5.74, 6) is 0. The Kier molecular flexibility index (Phi) is 1.28. The summed E-state index contributed by atoms with van der Waals surface area (Å²) < 4.78 is 0. The normalized spacial score (nSPS) is 32.5. The topological polar surface area (TPSA) is 66.2 Å². The highest BCUT2D eigenvalue weighted by Gasteiger charge is 2.29. The molecule has 0 saturated heterocycles. The Bertz CT molecular complexity index is 268. The first-order valence-electron chi connectivity index (χ1n) is 3.24. The van der Waals surface area contributed by atoms with E-state index < -0.39 is 0 Å². The number of carbonyl (C=O) groups is 1. The molecule has 2 heterocycles. The van der Waals surface area contributed by atoms with Gasteiger partial charge in [0, 0.05) is 0 Å². The van der Waals surface area contributed by atoms with E-state index in [1.807, 2.05) is 0 Å². The molecule has 0 radical (unpaired) electrons. The van der Waals surface area contributed by atoms with E-state index in [4.69, 9.17) is 0 Å². The quantitative estimate of drug-likeness (QED) is 0.487. The van der Waals surface area contributed by atoms with Crippen LogP contribution in [0.25, 0.3) is 0 Å². The summed E-state index contributed by atoms with van der Waals surface area (Å²) in [5, 5.41) is 2.89. The van der Waals surface area contributed by atoms with E-state index in [2.05, 4.69) is 20.3 Å². The minimum absolute atomic E-state index is 0.141. The van der Waals surface area contributed by atoms with Gasteiger partial charge in [-0.25, -0.2) is 15.0 Å². The summed E-state index contributed by atoms with van der Waals surface area (Å²) in [7, 11) is 0. The van der Waals surface area contributed by atoms with Crippen LogP contribution in [0, 0.1) is 0 Å². The van der Waals surface area contributed by atoms with Gasteiger partial charge in [0.05, 0.1) is 6.34 Å². The van der Waals surface area contributed by atoms with E-state index in [1.165, 1.54) is 6.34 Å². The Morgan fingerprint density at radius 1 is 1.55 bits per heavy atom. The van der Waals surface area contributed by atoms with Gasteiger partial charge in [-0.1, -0.05) is 0 Å². The molecule has 5 nitrogen and oxygen atoms in total. The van der Waals surface area contributed by atoms with E-state index in [0.29, 0.717) is 5.71 Å². The Labute approximate surface area is 62.9 Å². The molecule has 0 aliphatic carbocycles. The van der Waals surface area contributed by atoms with Gasteiger partial charge in [-0.2, -0.15) is 0 Å². The number of aliphatic imine (C=N–C) groups is 3. The fourth-order valence-electron chi connectivity index (χ4n) is 1.09. The number of hydrogen-bond acceptors (Lipinski definition) is 5. The molecule has 56 valence electrons. The summed E-state index contributed by atoms with van der Waals surface area (Å²) in [6.07, 6.45) is 3.46. The fraction of sp³-hybridized carbons (Fsp3) is 0.333. The van der Waals surface area contributed by atoms with Crippen LogP contribution in [-0.2, 0) is 4.79 Å². The predicted molar refractivity (Wildman–Crippen MR) is 41.2 cm³/mol. The molecular formula is C6H6N4O. The van der Waals surface area contributed by atoms with Gasteiger partial charge in [0.15, 0.2) is 12.5 Å². The van der Waals surface area contributed by atoms with Crippen molar-refractivity contribution < 1.29 is 4.79 Å². The molecule has 0 aromatic carbocycles. The van der Waals surface area contributed by atoms with E-state index in [0.717, 1.165) is 6.29 Å². The number of carbonyl (C=O) groups excluding carboxylic acids is 1. The molecule has 0 bridgehead atoms. The monoisotopic (exact) mass is 150 g/mol. The van der Waals surface area contributed by atoms with E-state index in [1.54, 1.807) is 6.34 Å². The molecule has 2 aliphatic heterocycles. The summed E-state index contributed by atoms with van der Waals surface area (Å²) >= 11 is 0. The van der Waals surface area contributed by atoms with Gasteiger partial charge in [0.25, 0.3) is 0 Å². The molecule has 0 amide bonds. The largest absolute Gasteiger partial charge is 0.364 e. The highest BCUT2D eigenvalue weighted by Crippen LogP contribution is 2.09. The van der Waals surface area contributed by atoms with Crippen LogP contribution in [0.15, 0.2) is 15.0 Å². The Morgan fingerprint density at radius 2 is 2.45 bits per heavy atom. The first kappa shape index (κ1) is 6.21. The number of fused-ring (bicyclic) bond motifs is 1. The third kappa shape index (κ3) is 0.849. The lowest BCUT2D eigenvalue weighted by Gasteiger charge is -2.15. The summed E-state index contributed by atoms with van der Waals surface area (Å²) in [4.78, 5) is 22.2. The summed E-state index contributed by atoms with van der Waals surface area (Å²) in [6, 6.07) is -0.141. The van der Waals surface area contributed by atoms with Gasteiger partial charge in [0.2, 0.25) is 0 Å². The molecule has 2 atom stereocenters. The number of hydrogen-bond donors (Lipinski definition) is 1. The Hall–Kier alpha value is -1.52. The number of rotatable bonds is 1. The van der Waals surface area contributed by atoms with Gasteiger partial charge in [-0.05, 0) is 0 Å². The average molecular weight is 150 g/mol. The summed E-state index contributed by atoms with van der Waals surface area (Å²) in [5.41, 5.74) is 0.461. The molecule has 11 heavy (non-hydrogen) atoms. The second-order valence-corrected chi connectivity index (χ2v) is 2.27. The third-order valence-corrected chi connectivity index (χ3v) is 1.65. The molecule has 2 aliphatic rings. The maximum absolute atomic E-state index is 10.4. The predicted octanol–water partition coefficient (Wildman–Crippen LogP) is -1.01. The SMILES string of the molecule is O=CC1=NC=NC2N=CNC12. The van der Waals surface area contributed by atoms with Gasteiger partial charge < -0.3 is 5.32 Å². The van der Waals surface area contributed by atoms with Gasteiger partial charge >= 0.3 is 0 Å². The number of nitrogens with one attached hydrogen (secondary N) is 1. The molecule has 2 unspecified atom stereocenters. The molecule has 0 spiro atoms. The molecule has 1 N–H and O–H groups in total. The van der Waals surface area contributed by atoms with Crippen LogP contribution >= 0.6 is 0 Å². The maximum atomic E-state index is 10.4. The smallest absolute Gasteiger partial charge is 0.168 e. The second kappa shape index (κ2) is 2.26. The van der Waals surface area contributed by atoms with E-state index in [-0.39, 0.29) is 12.2 Å². The lowest BCUT2D eigenvalue weighted by Crippen LogP contribution is -2.41. The summed E-state index contributed by atoms with van der Waals surface area (Å²) in [6.45, 7) is 0. The van der Waals surface area contributed by atoms with Gasteiger partial charge in [-0.3, -0.25) is 4.79 Å². The van der Waals surface area contributed by atoms with E-state index >= 15 is 0 Å². The molecule has 0 aromatic rings.